The third-order valence-electron chi connectivity index (χ3n) is 6.67. The maximum atomic E-state index is 15.7. The van der Waals surface area contributed by atoms with Gasteiger partial charge in [0.1, 0.15) is 11.1 Å². The molecule has 1 unspecified atom stereocenters. The summed E-state index contributed by atoms with van der Waals surface area (Å²) in [6, 6.07) is 6.74. The minimum Gasteiger partial charge on any atom is -0.385 e. The molecule has 3 aromatic rings. The first kappa shape index (κ1) is 23.4. The summed E-state index contributed by atoms with van der Waals surface area (Å²) in [5.41, 5.74) is 0.377. The van der Waals surface area contributed by atoms with Crippen molar-refractivity contribution in [1.82, 2.24) is 20.4 Å². The summed E-state index contributed by atoms with van der Waals surface area (Å²) < 4.78 is 16.5. The van der Waals surface area contributed by atoms with Gasteiger partial charge < -0.3 is 20.6 Å². The minimum absolute atomic E-state index is 0.0205. The Morgan fingerprint density at radius 2 is 2.15 bits per heavy atom. The van der Waals surface area contributed by atoms with E-state index in [2.05, 4.69) is 36.8 Å². The number of aliphatic hydroxyl groups is 1. The first-order valence-electron chi connectivity index (χ1n) is 11.2. The molecule has 2 aliphatic heterocycles. The van der Waals surface area contributed by atoms with Gasteiger partial charge in [-0.05, 0) is 56.1 Å². The van der Waals surface area contributed by atoms with Gasteiger partial charge in [-0.3, -0.25) is 4.79 Å². The van der Waals surface area contributed by atoms with Crippen molar-refractivity contribution in [3.8, 4) is 0 Å². The number of aryl methyl sites for hydroxylation is 1. The lowest BCUT2D eigenvalue weighted by molar-refractivity contribution is -0.108. The monoisotopic (exact) mass is 547 g/mol. The van der Waals surface area contributed by atoms with Crippen molar-refractivity contribution in [3.05, 3.63) is 56.9 Å². The van der Waals surface area contributed by atoms with Crippen LogP contribution in [0, 0.1) is 12.7 Å². The van der Waals surface area contributed by atoms with Gasteiger partial charge in [0.25, 0.3) is 5.91 Å². The number of β-amino-alcohol motifs (C(OH)–C–C–N with tert-alkyl or cyclic N) is 1. The summed E-state index contributed by atoms with van der Waals surface area (Å²) in [4.78, 5) is 15.1. The molecule has 0 spiro atoms. The highest BCUT2D eigenvalue weighted by Crippen LogP contribution is 2.37. The second-order valence-corrected chi connectivity index (χ2v) is 10.4. The van der Waals surface area contributed by atoms with Crippen molar-refractivity contribution in [2.45, 2.75) is 37.8 Å². The van der Waals surface area contributed by atoms with Crippen molar-refractivity contribution in [2.24, 2.45) is 0 Å². The number of fused-ring (bicyclic) bond motifs is 1. The molecule has 1 aromatic heterocycles. The molecule has 0 bridgehead atoms. The molecule has 3 heterocycles. The van der Waals surface area contributed by atoms with Crippen LogP contribution in [-0.4, -0.2) is 57.4 Å². The molecule has 2 saturated heterocycles. The van der Waals surface area contributed by atoms with Crippen LogP contribution in [0.5, 0.6) is 0 Å². The van der Waals surface area contributed by atoms with Crippen LogP contribution in [0.1, 0.15) is 35.2 Å². The first-order chi connectivity index (χ1) is 16.3. The summed E-state index contributed by atoms with van der Waals surface area (Å²) in [5.74, 6) is -1.05. The number of nitrogens with zero attached hydrogens (tertiary/aromatic N) is 3. The van der Waals surface area contributed by atoms with E-state index >= 15 is 4.39 Å². The number of amides is 1. The summed E-state index contributed by atoms with van der Waals surface area (Å²) in [6.45, 7) is 3.03. The van der Waals surface area contributed by atoms with Gasteiger partial charge >= 0.3 is 0 Å². The van der Waals surface area contributed by atoms with Crippen molar-refractivity contribution < 1.29 is 14.3 Å². The summed E-state index contributed by atoms with van der Waals surface area (Å²) >= 11 is 9.71. The van der Waals surface area contributed by atoms with E-state index in [0.717, 1.165) is 30.3 Å². The molecule has 10 heteroatoms. The lowest BCUT2D eigenvalue weighted by atomic mass is 9.81. The number of halogens is 3. The number of piperidine rings is 1. The van der Waals surface area contributed by atoms with E-state index in [4.69, 9.17) is 11.6 Å². The number of carbonyl (C=O) groups is 1. The standard InChI is InChI=1S/C24H24BrClFN5O2/c1-13-10-29-31-22-15(13)9-16(21(20(22)27)30-18-6-5-14(25)8-17(18)26)23(33)32-11-24(34,12-32)19-4-2-3-7-28-19/h5-6,8-10,19,28,30,34H,2-4,7,11-12H2,1H3. The van der Waals surface area contributed by atoms with Gasteiger partial charge in [0.15, 0.2) is 5.82 Å². The van der Waals surface area contributed by atoms with E-state index < -0.39 is 11.4 Å². The Morgan fingerprint density at radius 3 is 2.85 bits per heavy atom. The lowest BCUT2D eigenvalue weighted by Crippen LogP contribution is -2.72. The zero-order valence-corrected chi connectivity index (χ0v) is 20.9. The van der Waals surface area contributed by atoms with E-state index in [1.807, 2.05) is 0 Å². The van der Waals surface area contributed by atoms with Gasteiger partial charge in [0.05, 0.1) is 41.2 Å². The second-order valence-electron chi connectivity index (χ2n) is 9.05. The lowest BCUT2D eigenvalue weighted by Gasteiger charge is -2.51. The average Bonchev–Trinajstić information content (AvgIpc) is 2.80. The summed E-state index contributed by atoms with van der Waals surface area (Å²) in [6.07, 6.45) is 4.54. The van der Waals surface area contributed by atoms with Gasteiger partial charge in [-0.1, -0.05) is 34.0 Å². The largest absolute Gasteiger partial charge is 0.385 e. The Hall–Kier alpha value is -2.33. The number of hydrogen-bond acceptors (Lipinski definition) is 6. The Balaban J connectivity index is 1.52. The Morgan fingerprint density at radius 1 is 1.35 bits per heavy atom. The number of hydrogen-bond donors (Lipinski definition) is 3. The van der Waals surface area contributed by atoms with Gasteiger partial charge in [-0.25, -0.2) is 4.39 Å². The fourth-order valence-corrected chi connectivity index (χ4v) is 5.48. The molecule has 2 aliphatic rings. The fraction of sp³-hybridized carbons (Fsp3) is 0.375. The van der Waals surface area contributed by atoms with E-state index in [-0.39, 0.29) is 41.8 Å². The quantitative estimate of drug-likeness (QED) is 0.443. The summed E-state index contributed by atoms with van der Waals surface area (Å²) in [7, 11) is 0. The van der Waals surface area contributed by atoms with Crippen molar-refractivity contribution in [1.29, 1.82) is 0 Å². The average molecular weight is 549 g/mol. The predicted molar refractivity (Wildman–Crippen MR) is 133 cm³/mol. The molecule has 1 atom stereocenters. The van der Waals surface area contributed by atoms with Crippen LogP contribution in [0.4, 0.5) is 15.8 Å². The van der Waals surface area contributed by atoms with Crippen LogP contribution in [-0.2, 0) is 0 Å². The van der Waals surface area contributed by atoms with Gasteiger partial charge in [0, 0.05) is 15.9 Å². The number of benzene rings is 2. The topological polar surface area (TPSA) is 90.4 Å². The fourth-order valence-electron chi connectivity index (χ4n) is 4.76. The van der Waals surface area contributed by atoms with Crippen LogP contribution in [0.15, 0.2) is 34.9 Å². The van der Waals surface area contributed by atoms with E-state index in [1.54, 1.807) is 36.1 Å². The maximum absolute atomic E-state index is 15.7. The van der Waals surface area contributed by atoms with E-state index in [1.165, 1.54) is 6.20 Å². The number of rotatable bonds is 4. The SMILES string of the molecule is Cc1cnnc2c(F)c(Nc3ccc(Br)cc3Cl)c(C(=O)N3CC(O)(C4CCCCN4)C3)cc12. The number of likely N-dealkylation sites (tertiary alicyclic amines) is 1. The molecular weight excluding hydrogens is 525 g/mol. The summed E-state index contributed by atoms with van der Waals surface area (Å²) in [5, 5.41) is 26.1. The highest BCUT2D eigenvalue weighted by atomic mass is 79.9. The molecular formula is C24H24BrClFN5O2. The maximum Gasteiger partial charge on any atom is 0.256 e. The second kappa shape index (κ2) is 9.03. The van der Waals surface area contributed by atoms with Crippen LogP contribution in [0.3, 0.4) is 0 Å². The number of anilines is 2. The Labute approximate surface area is 209 Å². The van der Waals surface area contributed by atoms with E-state index in [9.17, 15) is 9.90 Å². The first-order valence-corrected chi connectivity index (χ1v) is 12.4. The number of nitrogens with one attached hydrogen (secondary N) is 2. The molecule has 34 heavy (non-hydrogen) atoms. The van der Waals surface area contributed by atoms with Crippen LogP contribution in [0.2, 0.25) is 5.02 Å². The molecule has 3 N–H and O–H groups in total. The number of aromatic nitrogens is 2. The zero-order valence-electron chi connectivity index (χ0n) is 18.5. The molecule has 7 nitrogen and oxygen atoms in total. The highest BCUT2D eigenvalue weighted by molar-refractivity contribution is 9.10. The third kappa shape index (κ3) is 4.15. The molecule has 0 radical (unpaired) electrons. The van der Waals surface area contributed by atoms with E-state index in [0.29, 0.717) is 21.7 Å². The van der Waals surface area contributed by atoms with Crippen molar-refractivity contribution in [2.75, 3.05) is 25.0 Å². The van der Waals surface area contributed by atoms with Gasteiger partial charge in [0.2, 0.25) is 0 Å². The Bertz CT molecular complexity index is 1280. The van der Waals surface area contributed by atoms with Crippen LogP contribution in [0.25, 0.3) is 10.9 Å². The van der Waals surface area contributed by atoms with Crippen LogP contribution < -0.4 is 10.6 Å². The van der Waals surface area contributed by atoms with Crippen molar-refractivity contribution in [3.63, 3.8) is 0 Å². The molecule has 5 rings (SSSR count). The molecule has 0 aliphatic carbocycles. The zero-order chi connectivity index (χ0) is 24.0. The van der Waals surface area contributed by atoms with Crippen molar-refractivity contribution >= 4 is 55.7 Å². The minimum atomic E-state index is -0.977. The van der Waals surface area contributed by atoms with Gasteiger partial charge in [-0.2, -0.15) is 5.10 Å². The number of carbonyl (C=O) groups excluding carboxylic acids is 1. The highest BCUT2D eigenvalue weighted by Gasteiger charge is 2.49. The normalized spacial score (nSPS) is 19.7. The predicted octanol–water partition coefficient (Wildman–Crippen LogP) is 4.57. The molecule has 2 fully saturated rings. The van der Waals surface area contributed by atoms with Crippen LogP contribution >= 0.6 is 27.5 Å². The molecule has 0 saturated carbocycles. The molecule has 1 amide bonds. The Kier molecular flexibility index (Phi) is 6.22. The third-order valence-corrected chi connectivity index (χ3v) is 7.48. The smallest absolute Gasteiger partial charge is 0.256 e. The molecule has 2 aromatic carbocycles. The van der Waals surface area contributed by atoms with Gasteiger partial charge in [-0.15, -0.1) is 5.10 Å². The molecule has 178 valence electrons.